The smallest absolute Gasteiger partial charge is 0.327 e. The summed E-state index contributed by atoms with van der Waals surface area (Å²) >= 11 is 0. The van der Waals surface area contributed by atoms with Gasteiger partial charge in [0.25, 0.3) is 0 Å². The number of aliphatic hydroxyl groups is 1. The molecule has 0 spiro atoms. The minimum atomic E-state index is -0.442. The fourth-order valence-electron chi connectivity index (χ4n) is 2.93. The third kappa shape index (κ3) is 1.78. The van der Waals surface area contributed by atoms with Gasteiger partial charge in [0.15, 0.2) is 0 Å². The summed E-state index contributed by atoms with van der Waals surface area (Å²) in [6.07, 6.45) is 3.42. The van der Waals surface area contributed by atoms with Crippen LogP contribution in [0.5, 0.6) is 0 Å². The van der Waals surface area contributed by atoms with E-state index in [0.717, 1.165) is 16.5 Å². The van der Waals surface area contributed by atoms with Gasteiger partial charge in [-0.15, -0.1) is 0 Å². The van der Waals surface area contributed by atoms with Gasteiger partial charge in [0.2, 0.25) is 0 Å². The molecule has 0 aliphatic heterocycles. The van der Waals surface area contributed by atoms with Crippen molar-refractivity contribution < 1.29 is 5.11 Å². The Morgan fingerprint density at radius 1 is 1.23 bits per heavy atom. The number of aromatic amines is 2. The number of imidazole rings is 1. The lowest BCUT2D eigenvalue weighted by molar-refractivity contribution is 0.250. The van der Waals surface area contributed by atoms with Crippen LogP contribution in [0.4, 0.5) is 0 Å². The molecule has 0 fully saturated rings. The summed E-state index contributed by atoms with van der Waals surface area (Å²) in [6.45, 7) is -0.162. The Morgan fingerprint density at radius 3 is 2.82 bits per heavy atom. The average Bonchev–Trinajstić information content (AvgIpc) is 3.13. The average molecular weight is 294 g/mol. The Bertz CT molecular complexity index is 997. The van der Waals surface area contributed by atoms with E-state index >= 15 is 0 Å². The van der Waals surface area contributed by atoms with Gasteiger partial charge in [0, 0.05) is 11.6 Å². The number of aliphatic hydroxyl groups excluding tert-OH is 1. The zero-order chi connectivity index (χ0) is 15.1. The maximum Gasteiger partial charge on any atom is 0.327 e. The van der Waals surface area contributed by atoms with Crippen molar-refractivity contribution >= 4 is 22.1 Å². The van der Waals surface area contributed by atoms with Gasteiger partial charge in [0.05, 0.1) is 29.9 Å². The van der Waals surface area contributed by atoms with Crippen molar-refractivity contribution in [3.63, 3.8) is 0 Å². The molecule has 0 bridgehead atoms. The van der Waals surface area contributed by atoms with E-state index < -0.39 is 6.04 Å². The molecule has 0 amide bonds. The highest BCUT2D eigenvalue weighted by Gasteiger charge is 2.20. The maximum atomic E-state index is 12.4. The topological polar surface area (TPSA) is 86.7 Å². The first-order chi connectivity index (χ1) is 10.8. The van der Waals surface area contributed by atoms with Gasteiger partial charge >= 0.3 is 5.69 Å². The summed E-state index contributed by atoms with van der Waals surface area (Å²) < 4.78 is 1.60. The molecule has 0 radical (unpaired) electrons. The SMILES string of the molecule is O=c1[nH]c2cnc3[nH]ccc3c2n1[C@H](CO)c1ccccc1. The summed E-state index contributed by atoms with van der Waals surface area (Å²) in [7, 11) is 0. The van der Waals surface area contributed by atoms with E-state index in [4.69, 9.17) is 0 Å². The Hall–Kier alpha value is -2.86. The third-order valence-corrected chi connectivity index (χ3v) is 3.93. The number of fused-ring (bicyclic) bond motifs is 3. The number of benzene rings is 1. The highest BCUT2D eigenvalue weighted by atomic mass is 16.3. The van der Waals surface area contributed by atoms with E-state index in [2.05, 4.69) is 15.0 Å². The predicted molar refractivity (Wildman–Crippen MR) is 83.9 cm³/mol. The van der Waals surface area contributed by atoms with E-state index in [0.29, 0.717) is 11.2 Å². The molecule has 1 aromatic carbocycles. The van der Waals surface area contributed by atoms with Crippen LogP contribution in [0.15, 0.2) is 53.6 Å². The molecule has 3 heterocycles. The third-order valence-electron chi connectivity index (χ3n) is 3.93. The number of rotatable bonds is 3. The molecule has 110 valence electrons. The van der Waals surface area contributed by atoms with E-state index in [-0.39, 0.29) is 12.3 Å². The van der Waals surface area contributed by atoms with Crippen molar-refractivity contribution in [3.8, 4) is 0 Å². The molecule has 0 aliphatic rings. The Morgan fingerprint density at radius 2 is 2.05 bits per heavy atom. The molecule has 0 saturated heterocycles. The van der Waals surface area contributed by atoms with E-state index in [9.17, 15) is 9.90 Å². The molecule has 4 aromatic rings. The van der Waals surface area contributed by atoms with Gasteiger partial charge in [-0.1, -0.05) is 30.3 Å². The summed E-state index contributed by atoms with van der Waals surface area (Å²) in [5.41, 5.74) is 2.75. The standard InChI is InChI=1S/C16H14N4O2/c21-9-13(10-4-2-1-3-5-10)20-14-11-6-7-17-15(11)18-8-12(14)19-16(20)22/h1-8,13,21H,9H2,(H,17,18)(H,19,22)/t13-/m1/s1. The van der Waals surface area contributed by atoms with Crippen LogP contribution in [0, 0.1) is 0 Å². The van der Waals surface area contributed by atoms with Gasteiger partial charge < -0.3 is 15.1 Å². The molecule has 3 N–H and O–H groups in total. The highest BCUT2D eigenvalue weighted by Crippen LogP contribution is 2.26. The summed E-state index contributed by atoms with van der Waals surface area (Å²) in [4.78, 5) is 22.6. The second-order valence-electron chi connectivity index (χ2n) is 5.17. The van der Waals surface area contributed by atoms with Crippen molar-refractivity contribution in [1.82, 2.24) is 19.5 Å². The van der Waals surface area contributed by atoms with Crippen molar-refractivity contribution in [1.29, 1.82) is 0 Å². The summed E-state index contributed by atoms with van der Waals surface area (Å²) in [6, 6.07) is 10.9. The van der Waals surface area contributed by atoms with E-state index in [1.54, 1.807) is 17.0 Å². The van der Waals surface area contributed by atoms with E-state index in [1.807, 2.05) is 36.4 Å². The Balaban J connectivity index is 2.07. The molecule has 0 saturated carbocycles. The van der Waals surface area contributed by atoms with Gasteiger partial charge in [-0.05, 0) is 11.6 Å². The number of aromatic nitrogens is 4. The van der Waals surface area contributed by atoms with E-state index in [1.165, 1.54) is 0 Å². The lowest BCUT2D eigenvalue weighted by atomic mass is 10.1. The van der Waals surface area contributed by atoms with Crippen LogP contribution in [0.1, 0.15) is 11.6 Å². The van der Waals surface area contributed by atoms with Crippen LogP contribution in [0.2, 0.25) is 0 Å². The van der Waals surface area contributed by atoms with Crippen molar-refractivity contribution in [3.05, 3.63) is 64.8 Å². The number of hydrogen-bond acceptors (Lipinski definition) is 3. The van der Waals surface area contributed by atoms with Crippen molar-refractivity contribution in [2.75, 3.05) is 6.61 Å². The molecule has 1 atom stereocenters. The maximum absolute atomic E-state index is 12.4. The number of H-pyrrole nitrogens is 2. The van der Waals surface area contributed by atoms with Crippen LogP contribution in [0.25, 0.3) is 22.1 Å². The van der Waals surface area contributed by atoms with Crippen LogP contribution >= 0.6 is 0 Å². The Labute approximate surface area is 125 Å². The van der Waals surface area contributed by atoms with Gasteiger partial charge in [-0.25, -0.2) is 9.78 Å². The van der Waals surface area contributed by atoms with Crippen LogP contribution in [-0.4, -0.2) is 31.2 Å². The predicted octanol–water partition coefficient (Wildman–Crippen LogP) is 1.79. The van der Waals surface area contributed by atoms with Crippen molar-refractivity contribution in [2.45, 2.75) is 6.04 Å². The lowest BCUT2D eigenvalue weighted by Gasteiger charge is -2.16. The number of nitrogens with zero attached hydrogens (tertiary/aromatic N) is 2. The van der Waals surface area contributed by atoms with Gasteiger partial charge in [-0.2, -0.15) is 0 Å². The molecule has 6 nitrogen and oxygen atoms in total. The normalized spacial score (nSPS) is 13.0. The molecule has 4 rings (SSSR count). The van der Waals surface area contributed by atoms with Crippen LogP contribution in [0.3, 0.4) is 0 Å². The molecule has 0 aliphatic carbocycles. The molecule has 0 unspecified atom stereocenters. The van der Waals surface area contributed by atoms with Crippen LogP contribution < -0.4 is 5.69 Å². The second-order valence-corrected chi connectivity index (χ2v) is 5.17. The lowest BCUT2D eigenvalue weighted by Crippen LogP contribution is -2.25. The van der Waals surface area contributed by atoms with Crippen molar-refractivity contribution in [2.24, 2.45) is 0 Å². The van der Waals surface area contributed by atoms with Crippen LogP contribution in [-0.2, 0) is 0 Å². The minimum Gasteiger partial charge on any atom is -0.394 e. The Kier molecular flexibility index (Phi) is 2.83. The molecule has 6 heteroatoms. The first kappa shape index (κ1) is 12.8. The quantitative estimate of drug-likeness (QED) is 0.538. The minimum absolute atomic E-state index is 0.162. The highest BCUT2D eigenvalue weighted by molar-refractivity contribution is 6.01. The number of pyridine rings is 1. The van der Waals surface area contributed by atoms with Gasteiger partial charge in [-0.3, -0.25) is 4.57 Å². The zero-order valence-corrected chi connectivity index (χ0v) is 11.7. The molecular formula is C16H14N4O2. The number of hydrogen-bond donors (Lipinski definition) is 3. The van der Waals surface area contributed by atoms with Gasteiger partial charge in [0.1, 0.15) is 5.65 Å². The monoisotopic (exact) mass is 294 g/mol. The molecular weight excluding hydrogens is 280 g/mol. The fourth-order valence-corrected chi connectivity index (χ4v) is 2.93. The fraction of sp³-hybridized carbons (Fsp3) is 0.125. The first-order valence-corrected chi connectivity index (χ1v) is 7.01. The number of nitrogens with one attached hydrogen (secondary N) is 2. The largest absolute Gasteiger partial charge is 0.394 e. The molecule has 22 heavy (non-hydrogen) atoms. The summed E-state index contributed by atoms with van der Waals surface area (Å²) in [5.74, 6) is 0. The first-order valence-electron chi connectivity index (χ1n) is 7.01. The summed E-state index contributed by atoms with van der Waals surface area (Å²) in [5, 5.41) is 10.7. The molecule has 3 aromatic heterocycles. The zero-order valence-electron chi connectivity index (χ0n) is 11.7. The second kappa shape index (κ2) is 4.85.